The van der Waals surface area contributed by atoms with Crippen molar-refractivity contribution in [3.8, 4) is 16.9 Å². The molecule has 3 heteroatoms. The number of rotatable bonds is 23. The summed E-state index contributed by atoms with van der Waals surface area (Å²) in [4.78, 5) is 12.7. The number of hydrogen-bond acceptors (Lipinski definition) is 3. The average Bonchev–Trinajstić information content (AvgIpc) is 3.06. The standard InChI is InChI=1S/C41H58O3/c1-4-6-8-9-10-11-12-13-14-15-16-17-18-19-33-43-34(3)36-29-31-40(32-30-36)44-41(42)39-27-25-38(26-28-39)37-23-21-35(22-24-37)20-7-5-2/h21-32,34H,4-20,33H2,1-3H3. The Morgan fingerprint density at radius 1 is 0.568 bits per heavy atom. The summed E-state index contributed by atoms with van der Waals surface area (Å²) in [5.41, 5.74) is 5.26. The predicted molar refractivity (Wildman–Crippen MR) is 187 cm³/mol. The molecule has 0 fully saturated rings. The van der Waals surface area contributed by atoms with E-state index in [0.717, 1.165) is 36.1 Å². The smallest absolute Gasteiger partial charge is 0.343 e. The van der Waals surface area contributed by atoms with E-state index in [1.165, 1.54) is 102 Å². The lowest BCUT2D eigenvalue weighted by atomic mass is 10.0. The number of carbonyl (C=O) groups excluding carboxylic acids is 1. The number of hydrogen-bond donors (Lipinski definition) is 0. The molecule has 0 amide bonds. The molecule has 0 aromatic heterocycles. The molecule has 1 atom stereocenters. The van der Waals surface area contributed by atoms with Gasteiger partial charge < -0.3 is 9.47 Å². The van der Waals surface area contributed by atoms with Crippen LogP contribution in [0.3, 0.4) is 0 Å². The zero-order valence-electron chi connectivity index (χ0n) is 28.0. The van der Waals surface area contributed by atoms with Crippen molar-refractivity contribution in [2.45, 2.75) is 136 Å². The first-order chi connectivity index (χ1) is 21.6. The van der Waals surface area contributed by atoms with Crippen molar-refractivity contribution in [3.63, 3.8) is 0 Å². The normalized spacial score (nSPS) is 11.9. The summed E-state index contributed by atoms with van der Waals surface area (Å²) in [6.07, 6.45) is 22.6. The van der Waals surface area contributed by atoms with Gasteiger partial charge in [-0.2, -0.15) is 0 Å². The Hall–Kier alpha value is -2.91. The van der Waals surface area contributed by atoms with Crippen molar-refractivity contribution in [1.82, 2.24) is 0 Å². The lowest BCUT2D eigenvalue weighted by molar-refractivity contribution is 0.0627. The van der Waals surface area contributed by atoms with Crippen LogP contribution in [0.15, 0.2) is 72.8 Å². The highest BCUT2D eigenvalue weighted by molar-refractivity contribution is 5.91. The molecule has 0 aliphatic carbocycles. The van der Waals surface area contributed by atoms with E-state index >= 15 is 0 Å². The van der Waals surface area contributed by atoms with Gasteiger partial charge in [-0.05, 0) is 72.7 Å². The molecule has 0 saturated carbocycles. The maximum atomic E-state index is 12.7. The van der Waals surface area contributed by atoms with Gasteiger partial charge in [0, 0.05) is 6.61 Å². The Morgan fingerprint density at radius 2 is 1.05 bits per heavy atom. The maximum Gasteiger partial charge on any atom is 0.343 e. The summed E-state index contributed by atoms with van der Waals surface area (Å²) in [6, 6.07) is 24.0. The number of carbonyl (C=O) groups is 1. The third kappa shape index (κ3) is 13.8. The molecule has 3 aromatic rings. The molecule has 0 spiro atoms. The van der Waals surface area contributed by atoms with E-state index < -0.39 is 0 Å². The Balaban J connectivity index is 1.27. The highest BCUT2D eigenvalue weighted by Crippen LogP contribution is 2.24. The van der Waals surface area contributed by atoms with Gasteiger partial charge in [0.05, 0.1) is 11.7 Å². The first-order valence-electron chi connectivity index (χ1n) is 17.7. The van der Waals surface area contributed by atoms with E-state index in [2.05, 4.69) is 45.0 Å². The minimum Gasteiger partial charge on any atom is -0.423 e. The molecule has 3 aromatic carbocycles. The van der Waals surface area contributed by atoms with Gasteiger partial charge in [0.15, 0.2) is 0 Å². The zero-order valence-corrected chi connectivity index (χ0v) is 28.0. The lowest BCUT2D eigenvalue weighted by Crippen LogP contribution is -2.08. The van der Waals surface area contributed by atoms with Gasteiger partial charge in [0.1, 0.15) is 5.75 Å². The molecule has 44 heavy (non-hydrogen) atoms. The SMILES string of the molecule is CCCCCCCCCCCCCCCCOC(C)c1ccc(OC(=O)c2ccc(-c3ccc(CCCC)cc3)cc2)cc1. The molecule has 240 valence electrons. The van der Waals surface area contributed by atoms with Crippen LogP contribution in [0.4, 0.5) is 0 Å². The molecule has 0 N–H and O–H groups in total. The van der Waals surface area contributed by atoms with E-state index in [1.54, 1.807) is 0 Å². The van der Waals surface area contributed by atoms with E-state index in [0.29, 0.717) is 11.3 Å². The fourth-order valence-corrected chi connectivity index (χ4v) is 5.67. The van der Waals surface area contributed by atoms with E-state index in [9.17, 15) is 4.79 Å². The minimum absolute atomic E-state index is 0.0231. The second-order valence-electron chi connectivity index (χ2n) is 12.4. The van der Waals surface area contributed by atoms with Gasteiger partial charge in [-0.15, -0.1) is 0 Å². The summed E-state index contributed by atoms with van der Waals surface area (Å²) < 4.78 is 11.7. The molecule has 0 aliphatic rings. The Bertz CT molecular complexity index is 1150. The Kier molecular flexibility index (Phi) is 17.6. The van der Waals surface area contributed by atoms with Gasteiger partial charge in [-0.1, -0.05) is 152 Å². The zero-order chi connectivity index (χ0) is 31.2. The summed E-state index contributed by atoms with van der Waals surface area (Å²) in [7, 11) is 0. The molecule has 0 heterocycles. The first kappa shape index (κ1) is 35.6. The molecule has 1 unspecified atom stereocenters. The molecule has 0 aliphatic heterocycles. The topological polar surface area (TPSA) is 35.5 Å². The number of benzene rings is 3. The van der Waals surface area contributed by atoms with Crippen LogP contribution in [-0.2, 0) is 11.2 Å². The highest BCUT2D eigenvalue weighted by Gasteiger charge is 2.11. The summed E-state index contributed by atoms with van der Waals surface area (Å²) in [5, 5.41) is 0. The van der Waals surface area contributed by atoms with E-state index in [1.807, 2.05) is 48.5 Å². The predicted octanol–water partition coefficient (Wildman–Crippen LogP) is 12.5. The second-order valence-corrected chi connectivity index (χ2v) is 12.4. The van der Waals surface area contributed by atoms with Crippen LogP contribution in [-0.4, -0.2) is 12.6 Å². The average molecular weight is 599 g/mol. The lowest BCUT2D eigenvalue weighted by Gasteiger charge is -2.14. The van der Waals surface area contributed by atoms with Crippen molar-refractivity contribution < 1.29 is 14.3 Å². The largest absolute Gasteiger partial charge is 0.423 e. The maximum absolute atomic E-state index is 12.7. The third-order valence-electron chi connectivity index (χ3n) is 8.65. The molecule has 0 bridgehead atoms. The van der Waals surface area contributed by atoms with Gasteiger partial charge in [0.25, 0.3) is 0 Å². The summed E-state index contributed by atoms with van der Waals surface area (Å²) in [6.45, 7) is 7.37. The molecule has 0 radical (unpaired) electrons. The van der Waals surface area contributed by atoms with Crippen LogP contribution >= 0.6 is 0 Å². The molecule has 0 saturated heterocycles. The van der Waals surface area contributed by atoms with Crippen LogP contribution in [0.5, 0.6) is 5.75 Å². The number of ether oxygens (including phenoxy) is 2. The highest BCUT2D eigenvalue weighted by atomic mass is 16.5. The van der Waals surface area contributed by atoms with Crippen molar-refractivity contribution in [2.24, 2.45) is 0 Å². The first-order valence-corrected chi connectivity index (χ1v) is 17.7. The van der Waals surface area contributed by atoms with Crippen molar-refractivity contribution in [3.05, 3.63) is 89.5 Å². The monoisotopic (exact) mass is 598 g/mol. The second kappa shape index (κ2) is 21.7. The van der Waals surface area contributed by atoms with E-state index in [4.69, 9.17) is 9.47 Å². The van der Waals surface area contributed by atoms with E-state index in [-0.39, 0.29) is 12.1 Å². The Morgan fingerprint density at radius 3 is 1.57 bits per heavy atom. The van der Waals surface area contributed by atoms with Crippen LogP contribution in [0.25, 0.3) is 11.1 Å². The molecule has 3 nitrogen and oxygen atoms in total. The Labute approximate surface area is 268 Å². The molecular weight excluding hydrogens is 540 g/mol. The molecular formula is C41H58O3. The van der Waals surface area contributed by atoms with Crippen LogP contribution < -0.4 is 4.74 Å². The van der Waals surface area contributed by atoms with Crippen LogP contribution in [0.2, 0.25) is 0 Å². The fourth-order valence-electron chi connectivity index (χ4n) is 5.67. The summed E-state index contributed by atoms with van der Waals surface area (Å²) in [5.74, 6) is 0.200. The van der Waals surface area contributed by atoms with Crippen molar-refractivity contribution >= 4 is 5.97 Å². The number of esters is 1. The van der Waals surface area contributed by atoms with Gasteiger partial charge in [-0.25, -0.2) is 4.79 Å². The van der Waals surface area contributed by atoms with Crippen molar-refractivity contribution in [1.29, 1.82) is 0 Å². The van der Waals surface area contributed by atoms with Crippen LogP contribution in [0.1, 0.15) is 151 Å². The third-order valence-corrected chi connectivity index (χ3v) is 8.65. The summed E-state index contributed by atoms with van der Waals surface area (Å²) >= 11 is 0. The van der Waals surface area contributed by atoms with Crippen LogP contribution in [0, 0.1) is 0 Å². The van der Waals surface area contributed by atoms with Gasteiger partial charge in [0.2, 0.25) is 0 Å². The van der Waals surface area contributed by atoms with Gasteiger partial charge in [-0.3, -0.25) is 0 Å². The minimum atomic E-state index is -0.346. The van der Waals surface area contributed by atoms with Crippen molar-refractivity contribution in [2.75, 3.05) is 6.61 Å². The number of aryl methyl sites for hydroxylation is 1. The van der Waals surface area contributed by atoms with Gasteiger partial charge >= 0.3 is 5.97 Å². The number of unbranched alkanes of at least 4 members (excludes halogenated alkanes) is 14. The fraction of sp³-hybridized carbons (Fsp3) is 0.537. The molecule has 3 rings (SSSR count). The quantitative estimate of drug-likeness (QED) is 0.0619.